The van der Waals surface area contributed by atoms with Crippen molar-refractivity contribution in [1.29, 1.82) is 0 Å². The Balaban J connectivity index is 1.95. The van der Waals surface area contributed by atoms with E-state index in [9.17, 15) is 5.11 Å². The fourth-order valence-corrected chi connectivity index (χ4v) is 2.79. The van der Waals surface area contributed by atoms with E-state index in [1.54, 1.807) is 0 Å². The third kappa shape index (κ3) is 5.88. The highest BCUT2D eigenvalue weighted by Gasteiger charge is 2.13. The van der Waals surface area contributed by atoms with Crippen LogP contribution in [0.15, 0.2) is 39.8 Å². The van der Waals surface area contributed by atoms with Crippen molar-refractivity contribution in [1.82, 2.24) is 15.8 Å². The Morgan fingerprint density at radius 3 is 2.58 bits per heavy atom. The molecule has 0 spiro atoms. The van der Waals surface area contributed by atoms with Crippen LogP contribution in [-0.2, 0) is 25.8 Å². The van der Waals surface area contributed by atoms with Gasteiger partial charge in [0.05, 0.1) is 18.3 Å². The lowest BCUT2D eigenvalue weighted by molar-refractivity contribution is 0.177. The molecule has 1 heterocycles. The van der Waals surface area contributed by atoms with Crippen LogP contribution in [0, 0.1) is 0 Å². The standard InChI is InChI=1S/C20H30N4O2/c1-4-18-17(19(5-2)26-24-18)14-23-20(21-6-3)22-13-16(25)12-15-10-8-7-9-11-15/h7-11,16,25H,4-6,12-14H2,1-3H3,(H2,21,22,23). The Labute approximate surface area is 155 Å². The number of guanidine groups is 1. The van der Waals surface area contributed by atoms with Gasteiger partial charge in [0.1, 0.15) is 5.76 Å². The minimum atomic E-state index is -0.478. The molecular formula is C20H30N4O2. The fraction of sp³-hybridized carbons (Fsp3) is 0.500. The molecule has 0 aliphatic rings. The maximum atomic E-state index is 10.3. The predicted octanol–water partition coefficient (Wildman–Crippen LogP) is 2.46. The van der Waals surface area contributed by atoms with Crippen LogP contribution in [0.25, 0.3) is 0 Å². The molecule has 0 saturated carbocycles. The average Bonchev–Trinajstić information content (AvgIpc) is 3.06. The fourth-order valence-electron chi connectivity index (χ4n) is 2.79. The summed E-state index contributed by atoms with van der Waals surface area (Å²) >= 11 is 0. The van der Waals surface area contributed by atoms with Crippen LogP contribution in [-0.4, -0.2) is 35.4 Å². The van der Waals surface area contributed by atoms with E-state index in [2.05, 4.69) is 34.6 Å². The number of aliphatic imine (C=N–C) groups is 1. The number of aliphatic hydroxyl groups excluding tert-OH is 1. The van der Waals surface area contributed by atoms with Crippen LogP contribution in [0.2, 0.25) is 0 Å². The first kappa shape index (κ1) is 20.0. The smallest absolute Gasteiger partial charge is 0.191 e. The number of rotatable bonds is 9. The number of aryl methyl sites for hydroxylation is 2. The zero-order valence-corrected chi connectivity index (χ0v) is 16.0. The molecule has 2 aromatic rings. The van der Waals surface area contributed by atoms with Crippen LogP contribution in [0.3, 0.4) is 0 Å². The quantitative estimate of drug-likeness (QED) is 0.474. The monoisotopic (exact) mass is 358 g/mol. The van der Waals surface area contributed by atoms with Crippen molar-refractivity contribution in [3.8, 4) is 0 Å². The second-order valence-electron chi connectivity index (χ2n) is 6.16. The van der Waals surface area contributed by atoms with E-state index in [-0.39, 0.29) is 0 Å². The van der Waals surface area contributed by atoms with Crippen molar-refractivity contribution in [3.63, 3.8) is 0 Å². The molecule has 1 unspecified atom stereocenters. The summed E-state index contributed by atoms with van der Waals surface area (Å²) < 4.78 is 5.39. The molecule has 1 aromatic heterocycles. The first-order valence-electron chi connectivity index (χ1n) is 9.38. The summed E-state index contributed by atoms with van der Waals surface area (Å²) in [5, 5.41) is 20.8. The predicted molar refractivity (Wildman–Crippen MR) is 104 cm³/mol. The Morgan fingerprint density at radius 2 is 1.92 bits per heavy atom. The summed E-state index contributed by atoms with van der Waals surface area (Å²) in [5.41, 5.74) is 3.15. The molecular weight excluding hydrogens is 328 g/mol. The van der Waals surface area contributed by atoms with E-state index in [4.69, 9.17) is 4.52 Å². The van der Waals surface area contributed by atoms with Gasteiger partial charge in [-0.15, -0.1) is 0 Å². The van der Waals surface area contributed by atoms with Gasteiger partial charge in [0, 0.05) is 31.5 Å². The van der Waals surface area contributed by atoms with E-state index < -0.39 is 6.10 Å². The van der Waals surface area contributed by atoms with Gasteiger partial charge in [-0.2, -0.15) is 0 Å². The highest BCUT2D eigenvalue weighted by molar-refractivity contribution is 5.79. The number of benzene rings is 1. The Kier molecular flexibility index (Phi) is 8.15. The molecule has 142 valence electrons. The van der Waals surface area contributed by atoms with E-state index in [0.717, 1.165) is 42.0 Å². The van der Waals surface area contributed by atoms with Gasteiger partial charge >= 0.3 is 0 Å². The van der Waals surface area contributed by atoms with Gasteiger partial charge in [-0.05, 0) is 18.9 Å². The molecule has 0 aliphatic heterocycles. The summed E-state index contributed by atoms with van der Waals surface area (Å²) in [4.78, 5) is 4.64. The maximum absolute atomic E-state index is 10.3. The highest BCUT2D eigenvalue weighted by Crippen LogP contribution is 2.16. The van der Waals surface area contributed by atoms with Gasteiger partial charge in [-0.3, -0.25) is 0 Å². The van der Waals surface area contributed by atoms with Gasteiger partial charge in [-0.25, -0.2) is 4.99 Å². The summed E-state index contributed by atoms with van der Waals surface area (Å²) in [7, 11) is 0. The molecule has 1 atom stereocenters. The number of aromatic nitrogens is 1. The third-order valence-corrected chi connectivity index (χ3v) is 4.17. The van der Waals surface area contributed by atoms with Crippen molar-refractivity contribution in [3.05, 3.63) is 52.9 Å². The largest absolute Gasteiger partial charge is 0.391 e. The molecule has 0 radical (unpaired) electrons. The van der Waals surface area contributed by atoms with Gasteiger partial charge < -0.3 is 20.3 Å². The molecule has 0 fully saturated rings. The number of hydrogen-bond acceptors (Lipinski definition) is 4. The van der Waals surface area contributed by atoms with Crippen LogP contribution in [0.5, 0.6) is 0 Å². The highest BCUT2D eigenvalue weighted by atomic mass is 16.5. The minimum Gasteiger partial charge on any atom is -0.391 e. The molecule has 0 amide bonds. The minimum absolute atomic E-state index is 0.436. The van der Waals surface area contributed by atoms with Crippen molar-refractivity contribution in [2.75, 3.05) is 13.1 Å². The summed E-state index contributed by atoms with van der Waals surface area (Å²) in [6.45, 7) is 7.84. The molecule has 0 saturated heterocycles. The molecule has 0 aliphatic carbocycles. The zero-order chi connectivity index (χ0) is 18.8. The lowest BCUT2D eigenvalue weighted by Crippen LogP contribution is -2.41. The average molecular weight is 358 g/mol. The summed E-state index contributed by atoms with van der Waals surface area (Å²) in [6.07, 6.45) is 1.76. The second kappa shape index (κ2) is 10.6. The molecule has 26 heavy (non-hydrogen) atoms. The Morgan fingerprint density at radius 1 is 1.15 bits per heavy atom. The molecule has 6 nitrogen and oxygen atoms in total. The van der Waals surface area contributed by atoms with Crippen LogP contribution in [0.4, 0.5) is 0 Å². The van der Waals surface area contributed by atoms with Gasteiger partial charge in [0.15, 0.2) is 5.96 Å². The van der Waals surface area contributed by atoms with E-state index >= 15 is 0 Å². The van der Waals surface area contributed by atoms with E-state index in [1.807, 2.05) is 37.3 Å². The second-order valence-corrected chi connectivity index (χ2v) is 6.16. The molecule has 1 aromatic carbocycles. The van der Waals surface area contributed by atoms with E-state index in [0.29, 0.717) is 25.5 Å². The first-order valence-corrected chi connectivity index (χ1v) is 9.38. The molecule has 6 heteroatoms. The van der Waals surface area contributed by atoms with Gasteiger partial charge in [-0.1, -0.05) is 49.3 Å². The van der Waals surface area contributed by atoms with Crippen molar-refractivity contribution in [2.24, 2.45) is 4.99 Å². The lowest BCUT2D eigenvalue weighted by atomic mass is 10.1. The zero-order valence-electron chi connectivity index (χ0n) is 16.0. The number of nitrogens with one attached hydrogen (secondary N) is 2. The SMILES string of the molecule is CCNC(=NCc1c(CC)noc1CC)NCC(O)Cc1ccccc1. The number of nitrogens with zero attached hydrogens (tertiary/aromatic N) is 2. The Hall–Kier alpha value is -2.34. The molecule has 0 bridgehead atoms. The first-order chi connectivity index (χ1) is 12.7. The molecule has 3 N–H and O–H groups in total. The number of aliphatic hydroxyl groups is 1. The van der Waals surface area contributed by atoms with Gasteiger partial charge in [0.2, 0.25) is 0 Å². The van der Waals surface area contributed by atoms with Gasteiger partial charge in [0.25, 0.3) is 0 Å². The van der Waals surface area contributed by atoms with Crippen LogP contribution >= 0.6 is 0 Å². The Bertz CT molecular complexity index is 661. The summed E-state index contributed by atoms with van der Waals surface area (Å²) in [6, 6.07) is 9.98. The lowest BCUT2D eigenvalue weighted by Gasteiger charge is -2.15. The number of hydrogen-bond donors (Lipinski definition) is 3. The topological polar surface area (TPSA) is 82.7 Å². The third-order valence-electron chi connectivity index (χ3n) is 4.17. The van der Waals surface area contributed by atoms with E-state index in [1.165, 1.54) is 0 Å². The van der Waals surface area contributed by atoms with Crippen LogP contribution in [0.1, 0.15) is 43.4 Å². The van der Waals surface area contributed by atoms with Crippen molar-refractivity contribution >= 4 is 5.96 Å². The maximum Gasteiger partial charge on any atom is 0.191 e. The summed E-state index contributed by atoms with van der Waals surface area (Å²) in [5.74, 6) is 1.58. The normalized spacial score (nSPS) is 12.8. The van der Waals surface area contributed by atoms with Crippen LogP contribution < -0.4 is 10.6 Å². The van der Waals surface area contributed by atoms with Crippen molar-refractivity contribution < 1.29 is 9.63 Å². The molecule has 2 rings (SSSR count). The van der Waals surface area contributed by atoms with Crippen molar-refractivity contribution in [2.45, 2.75) is 52.7 Å².